The molecule has 43 heavy (non-hydrogen) atoms. The van der Waals surface area contributed by atoms with E-state index in [2.05, 4.69) is 54.4 Å². The molecule has 0 aliphatic carbocycles. The van der Waals surface area contributed by atoms with Crippen LogP contribution in [0.4, 0.5) is 0 Å². The highest BCUT2D eigenvalue weighted by Crippen LogP contribution is 2.36. The van der Waals surface area contributed by atoms with Gasteiger partial charge in [-0.1, -0.05) is 18.1 Å². The maximum Gasteiger partial charge on any atom is 0.345 e. The van der Waals surface area contributed by atoms with E-state index in [1.165, 1.54) is 17.7 Å². The average Bonchev–Trinajstić information content (AvgIpc) is 3.35. The van der Waals surface area contributed by atoms with Gasteiger partial charge in [0.05, 0.1) is 32.2 Å². The minimum Gasteiger partial charge on any atom is -0.496 e. The van der Waals surface area contributed by atoms with E-state index in [9.17, 15) is 14.7 Å². The number of rotatable bonds is 11. The van der Waals surface area contributed by atoms with Crippen LogP contribution in [0.5, 0.6) is 17.4 Å². The molecule has 5 aromatic rings. The van der Waals surface area contributed by atoms with Gasteiger partial charge in [0.15, 0.2) is 5.82 Å². The number of aromatic nitrogens is 4. The number of carboxylic acid groups (broad SMARTS) is 1. The zero-order chi connectivity index (χ0) is 30.3. The molecule has 3 aromatic heterocycles. The van der Waals surface area contributed by atoms with E-state index in [1.807, 2.05) is 24.3 Å². The molecular weight excluding hydrogens is 683 g/mol. The summed E-state index contributed by atoms with van der Waals surface area (Å²) in [7, 11) is 1.58. The van der Waals surface area contributed by atoms with Crippen LogP contribution >= 0.6 is 33.9 Å². The van der Waals surface area contributed by atoms with Crippen LogP contribution in [0.15, 0.2) is 61.1 Å². The summed E-state index contributed by atoms with van der Waals surface area (Å²) < 4.78 is 18.3. The number of hydrogen-bond acceptors (Lipinski definition) is 10. The van der Waals surface area contributed by atoms with Gasteiger partial charge in [0.2, 0.25) is 12.0 Å². The largest absolute Gasteiger partial charge is 0.496 e. The summed E-state index contributed by atoms with van der Waals surface area (Å²) in [5.41, 5.74) is 2.16. The second-order valence-electron chi connectivity index (χ2n) is 8.97. The van der Waals surface area contributed by atoms with Gasteiger partial charge in [0, 0.05) is 18.2 Å². The molecule has 1 unspecified atom stereocenters. The third kappa shape index (κ3) is 6.73. The Balaban J connectivity index is 1.41. The Morgan fingerprint density at radius 1 is 1.14 bits per heavy atom. The third-order valence-corrected chi connectivity index (χ3v) is 8.68. The van der Waals surface area contributed by atoms with Crippen LogP contribution in [-0.4, -0.2) is 50.5 Å². The van der Waals surface area contributed by atoms with Crippen molar-refractivity contribution in [1.29, 1.82) is 0 Å². The Kier molecular flexibility index (Phi) is 9.43. The number of halogens is 1. The summed E-state index contributed by atoms with van der Waals surface area (Å²) in [4.78, 5) is 42.9. The van der Waals surface area contributed by atoms with Crippen molar-refractivity contribution < 1.29 is 28.9 Å². The molecule has 0 saturated heterocycles. The molecular formula is C31H23IN4O6S. The number of benzene rings is 2. The predicted octanol–water partition coefficient (Wildman–Crippen LogP) is 5.60. The molecule has 0 aliphatic heterocycles. The monoisotopic (exact) mass is 706 g/mol. The van der Waals surface area contributed by atoms with Crippen LogP contribution in [-0.2, 0) is 17.8 Å². The van der Waals surface area contributed by atoms with Crippen molar-refractivity contribution >= 4 is 56.4 Å². The smallest absolute Gasteiger partial charge is 0.345 e. The van der Waals surface area contributed by atoms with Crippen molar-refractivity contribution in [3.63, 3.8) is 0 Å². The van der Waals surface area contributed by atoms with Crippen molar-refractivity contribution in [1.82, 2.24) is 19.9 Å². The third-order valence-electron chi connectivity index (χ3n) is 6.23. The molecule has 0 bridgehead atoms. The van der Waals surface area contributed by atoms with E-state index in [1.54, 1.807) is 44.5 Å². The second-order valence-corrected chi connectivity index (χ2v) is 11.1. The molecule has 0 fully saturated rings. The standard InChI is InChI=1S/C31H23IN4O6S/c1-3-6-25-27(32)26-29(34-17-35-30(26)43-25)42-24(31(38)39)14-19-13-18(15-37)9-10-22(19)41-16-20-11-12-33-28(36-20)21-7-4-5-8-23(21)40-2/h4-5,7-13,15,17,24H,14,16H2,1-2H3,(H,38,39). The number of fused-ring (bicyclic) bond motifs is 1. The van der Waals surface area contributed by atoms with E-state index in [4.69, 9.17) is 14.2 Å². The lowest BCUT2D eigenvalue weighted by Crippen LogP contribution is -2.30. The quantitative estimate of drug-likeness (QED) is 0.105. The Morgan fingerprint density at radius 3 is 2.74 bits per heavy atom. The topological polar surface area (TPSA) is 134 Å². The van der Waals surface area contributed by atoms with Crippen molar-refractivity contribution in [2.24, 2.45) is 0 Å². The average molecular weight is 707 g/mol. The first kappa shape index (κ1) is 29.9. The van der Waals surface area contributed by atoms with Crippen LogP contribution in [0, 0.1) is 15.4 Å². The van der Waals surface area contributed by atoms with E-state index >= 15 is 0 Å². The Labute approximate surface area is 264 Å². The number of thiophene rings is 1. The number of methoxy groups -OCH3 is 1. The molecule has 0 saturated carbocycles. The van der Waals surface area contributed by atoms with Crippen LogP contribution in [0.1, 0.15) is 33.4 Å². The molecule has 10 nitrogen and oxygen atoms in total. The number of carbonyl (C=O) groups is 2. The minimum atomic E-state index is -1.34. The number of aliphatic carboxylic acids is 1. The van der Waals surface area contributed by atoms with Crippen molar-refractivity contribution in [3.05, 3.63) is 86.3 Å². The molecule has 1 N–H and O–H groups in total. The van der Waals surface area contributed by atoms with Crippen LogP contribution in [0.25, 0.3) is 21.6 Å². The van der Waals surface area contributed by atoms with Crippen LogP contribution in [0.2, 0.25) is 0 Å². The lowest BCUT2D eigenvalue weighted by atomic mass is 10.0. The lowest BCUT2D eigenvalue weighted by Gasteiger charge is -2.18. The number of nitrogens with zero attached hydrogens (tertiary/aromatic N) is 4. The zero-order valence-electron chi connectivity index (χ0n) is 22.9. The maximum atomic E-state index is 12.4. The van der Waals surface area contributed by atoms with Crippen molar-refractivity contribution in [2.75, 3.05) is 7.11 Å². The summed E-state index contributed by atoms with van der Waals surface area (Å²) in [5, 5.41) is 10.7. The second kappa shape index (κ2) is 13.6. The molecule has 0 aliphatic rings. The minimum absolute atomic E-state index is 0.0670. The fraction of sp³-hybridized carbons (Fsp3) is 0.161. The fourth-order valence-electron chi connectivity index (χ4n) is 4.23. The summed E-state index contributed by atoms with van der Waals surface area (Å²) in [5.74, 6) is 6.34. The molecule has 0 amide bonds. The lowest BCUT2D eigenvalue weighted by molar-refractivity contribution is -0.145. The number of para-hydroxylation sites is 1. The van der Waals surface area contributed by atoms with Gasteiger partial charge in [-0.3, -0.25) is 4.79 Å². The molecule has 1 atom stereocenters. The number of aldehydes is 1. The van der Waals surface area contributed by atoms with Gasteiger partial charge in [-0.05, 0) is 71.5 Å². The van der Waals surface area contributed by atoms with E-state index < -0.39 is 12.1 Å². The fourth-order valence-corrected chi connectivity index (χ4v) is 6.30. The molecule has 3 heterocycles. The van der Waals surface area contributed by atoms with Gasteiger partial charge < -0.3 is 19.3 Å². The molecule has 5 rings (SSSR count). The summed E-state index contributed by atoms with van der Waals surface area (Å²) >= 11 is 3.52. The Morgan fingerprint density at radius 2 is 1.98 bits per heavy atom. The van der Waals surface area contributed by atoms with Gasteiger partial charge in [-0.2, -0.15) is 0 Å². The first-order valence-electron chi connectivity index (χ1n) is 12.8. The zero-order valence-corrected chi connectivity index (χ0v) is 25.9. The molecule has 12 heteroatoms. The first-order valence-corrected chi connectivity index (χ1v) is 14.7. The van der Waals surface area contributed by atoms with Crippen molar-refractivity contribution in [3.8, 4) is 40.6 Å². The van der Waals surface area contributed by atoms with Crippen LogP contribution < -0.4 is 14.2 Å². The van der Waals surface area contributed by atoms with E-state index in [-0.39, 0.29) is 18.9 Å². The van der Waals surface area contributed by atoms with Gasteiger partial charge in [-0.25, -0.2) is 24.7 Å². The number of carboxylic acids is 1. The molecule has 216 valence electrons. The Bertz CT molecular complexity index is 1880. The molecule has 0 radical (unpaired) electrons. The van der Waals surface area contributed by atoms with Gasteiger partial charge >= 0.3 is 5.97 Å². The van der Waals surface area contributed by atoms with Gasteiger partial charge in [-0.15, -0.1) is 17.3 Å². The SMILES string of the molecule is CC#Cc1sc2ncnc(OC(Cc3cc(C=O)ccc3OCc3ccnc(-c4ccccc4OC)n3)C(=O)O)c2c1I. The van der Waals surface area contributed by atoms with Crippen molar-refractivity contribution in [2.45, 2.75) is 26.1 Å². The van der Waals surface area contributed by atoms with Gasteiger partial charge in [0.25, 0.3) is 0 Å². The summed E-state index contributed by atoms with van der Waals surface area (Å²) in [6.07, 6.45) is 2.20. The number of hydrogen-bond donors (Lipinski definition) is 1. The summed E-state index contributed by atoms with van der Waals surface area (Å²) in [6.45, 7) is 1.80. The highest BCUT2D eigenvalue weighted by Gasteiger charge is 2.26. The highest BCUT2D eigenvalue weighted by atomic mass is 127. The summed E-state index contributed by atoms with van der Waals surface area (Å²) in [6, 6.07) is 14.0. The van der Waals surface area contributed by atoms with Crippen LogP contribution in [0.3, 0.4) is 0 Å². The highest BCUT2D eigenvalue weighted by molar-refractivity contribution is 14.1. The number of ether oxygens (including phenoxy) is 3. The van der Waals surface area contributed by atoms with E-state index in [0.29, 0.717) is 50.6 Å². The molecule has 0 spiro atoms. The first-order chi connectivity index (χ1) is 20.9. The maximum absolute atomic E-state index is 12.4. The molecule has 2 aromatic carbocycles. The Hall–Kier alpha value is -4.61. The predicted molar refractivity (Wildman–Crippen MR) is 169 cm³/mol. The normalized spacial score (nSPS) is 11.3. The van der Waals surface area contributed by atoms with Gasteiger partial charge in [0.1, 0.15) is 35.5 Å². The number of carbonyl (C=O) groups excluding carboxylic acids is 1. The van der Waals surface area contributed by atoms with E-state index in [0.717, 1.165) is 14.0 Å².